The first-order valence-corrected chi connectivity index (χ1v) is 12.8. The van der Waals surface area contributed by atoms with Gasteiger partial charge < -0.3 is 16.8 Å². The Morgan fingerprint density at radius 3 is 2.35 bits per heavy atom. The van der Waals surface area contributed by atoms with E-state index < -0.39 is 0 Å². The zero-order valence-electron chi connectivity index (χ0n) is 21.7. The highest BCUT2D eigenvalue weighted by Gasteiger charge is 2.34. The van der Waals surface area contributed by atoms with Gasteiger partial charge in [-0.1, -0.05) is 57.0 Å². The number of hydrogen-bond acceptors (Lipinski definition) is 5. The minimum atomic E-state index is -0.256. The summed E-state index contributed by atoms with van der Waals surface area (Å²) < 4.78 is 0. The first-order valence-electron chi connectivity index (χ1n) is 12.8. The molecule has 0 aromatic heterocycles. The van der Waals surface area contributed by atoms with Crippen molar-refractivity contribution in [3.63, 3.8) is 0 Å². The number of carbonyl (C=O) groups is 2. The molecule has 0 aliphatic carbocycles. The molecule has 0 spiro atoms. The van der Waals surface area contributed by atoms with Gasteiger partial charge in [0.2, 0.25) is 0 Å². The summed E-state index contributed by atoms with van der Waals surface area (Å²) in [6.07, 6.45) is 3.68. The largest absolute Gasteiger partial charge is 0.386 e. The molecule has 0 saturated carbocycles. The van der Waals surface area contributed by atoms with Gasteiger partial charge in [0, 0.05) is 51.8 Å². The lowest BCUT2D eigenvalue weighted by atomic mass is 9.88. The van der Waals surface area contributed by atoms with Crippen LogP contribution in [0.15, 0.2) is 58.7 Å². The number of rotatable bonds is 10. The van der Waals surface area contributed by atoms with Crippen LogP contribution in [0.25, 0.3) is 21.9 Å². The number of hydrogen-bond donors (Lipinski definition) is 3. The average Bonchev–Trinajstić information content (AvgIpc) is 2.90. The van der Waals surface area contributed by atoms with Crippen molar-refractivity contribution in [2.24, 2.45) is 21.7 Å². The highest BCUT2D eigenvalue weighted by atomic mass is 16.2. The fraction of sp³-hybridized carbons (Fsp3) is 0.310. The van der Waals surface area contributed by atoms with Gasteiger partial charge in [-0.25, -0.2) is 0 Å². The molecule has 2 amide bonds. The van der Waals surface area contributed by atoms with Crippen LogP contribution in [0.4, 0.5) is 5.69 Å². The van der Waals surface area contributed by atoms with Crippen molar-refractivity contribution in [3.05, 3.63) is 65.2 Å². The first-order chi connectivity index (χ1) is 17.9. The zero-order valence-corrected chi connectivity index (χ0v) is 21.7. The molecule has 3 aromatic carbocycles. The molecule has 8 heteroatoms. The van der Waals surface area contributed by atoms with Crippen LogP contribution in [0.2, 0.25) is 0 Å². The predicted molar refractivity (Wildman–Crippen MR) is 151 cm³/mol. The lowest BCUT2D eigenvalue weighted by molar-refractivity contribution is 0.0608. The molecule has 8 nitrogen and oxygen atoms in total. The van der Waals surface area contributed by atoms with E-state index in [2.05, 4.69) is 22.4 Å². The normalized spacial score (nSPS) is 14.0. The molecule has 4 rings (SSSR count). The summed E-state index contributed by atoms with van der Waals surface area (Å²) in [5, 5.41) is 13.0. The van der Waals surface area contributed by atoms with Crippen molar-refractivity contribution in [2.45, 2.75) is 46.5 Å². The van der Waals surface area contributed by atoms with Crippen LogP contribution in [-0.2, 0) is 0 Å². The van der Waals surface area contributed by atoms with Crippen molar-refractivity contribution in [3.8, 4) is 11.1 Å². The summed E-state index contributed by atoms with van der Waals surface area (Å²) in [5.74, 6) is 0.0645. The number of carbonyl (C=O) groups excluding carboxylic acids is 2. The molecular weight excluding hydrogens is 464 g/mol. The predicted octanol–water partition coefficient (Wildman–Crippen LogP) is 5.11. The topological polar surface area (TPSA) is 126 Å². The molecule has 192 valence electrons. The van der Waals surface area contributed by atoms with Crippen LogP contribution < -0.4 is 16.8 Å². The second-order valence-corrected chi connectivity index (χ2v) is 9.28. The number of nitrogens with zero attached hydrogens (tertiary/aromatic N) is 3. The molecule has 3 aromatic rings. The molecule has 0 atom stereocenters. The van der Waals surface area contributed by atoms with Crippen LogP contribution in [0.3, 0.4) is 0 Å². The van der Waals surface area contributed by atoms with Gasteiger partial charge in [0.1, 0.15) is 5.84 Å². The van der Waals surface area contributed by atoms with Crippen molar-refractivity contribution in [1.82, 2.24) is 4.90 Å². The standard InChI is InChI=1S/C29H34N6O2/c1-4-6-14-32-26-21-12-9-13-22-25(21)24(29(37)35(28(22)36)15-7-5-2)17-23(26)19-10-8-11-20(16-19)27(31)34-33-18(3)30/h8-13,16-17,32H,4-7,14-15H2,1-3H3,(H2,30,33)(H2,31,34). The third-order valence-electron chi connectivity index (χ3n) is 6.46. The molecule has 1 aliphatic rings. The van der Waals surface area contributed by atoms with E-state index in [0.29, 0.717) is 34.5 Å². The Balaban J connectivity index is 1.94. The van der Waals surface area contributed by atoms with E-state index in [1.807, 2.05) is 55.5 Å². The van der Waals surface area contributed by atoms with Gasteiger partial charge in [-0.2, -0.15) is 0 Å². The lowest BCUT2D eigenvalue weighted by Gasteiger charge is -2.29. The Hall–Kier alpha value is -4.20. The van der Waals surface area contributed by atoms with Gasteiger partial charge in [0.25, 0.3) is 11.8 Å². The van der Waals surface area contributed by atoms with Crippen molar-refractivity contribution in [1.29, 1.82) is 0 Å². The van der Waals surface area contributed by atoms with Gasteiger partial charge in [0.15, 0.2) is 5.84 Å². The second kappa shape index (κ2) is 11.2. The number of nitrogens with two attached hydrogens (primary N) is 2. The number of nitrogens with one attached hydrogen (secondary N) is 1. The molecule has 5 N–H and O–H groups in total. The van der Waals surface area contributed by atoms with E-state index in [0.717, 1.165) is 54.4 Å². The first kappa shape index (κ1) is 25.9. The van der Waals surface area contributed by atoms with E-state index in [4.69, 9.17) is 11.5 Å². The number of unbranched alkanes of at least 4 members (excludes halogenated alkanes) is 2. The summed E-state index contributed by atoms with van der Waals surface area (Å²) in [7, 11) is 0. The molecule has 0 fully saturated rings. The van der Waals surface area contributed by atoms with Crippen molar-refractivity contribution < 1.29 is 9.59 Å². The number of imide groups is 1. The Kier molecular flexibility index (Phi) is 7.86. The van der Waals surface area contributed by atoms with E-state index in [1.54, 1.807) is 6.92 Å². The maximum atomic E-state index is 13.6. The molecule has 0 unspecified atom stereocenters. The number of anilines is 1. The zero-order chi connectivity index (χ0) is 26.5. The molecule has 37 heavy (non-hydrogen) atoms. The lowest BCUT2D eigenvalue weighted by Crippen LogP contribution is -2.41. The molecule has 0 radical (unpaired) electrons. The maximum Gasteiger partial charge on any atom is 0.261 e. The minimum Gasteiger partial charge on any atom is -0.386 e. The minimum absolute atomic E-state index is 0.231. The third kappa shape index (κ3) is 5.18. The highest BCUT2D eigenvalue weighted by Crippen LogP contribution is 2.41. The van der Waals surface area contributed by atoms with Gasteiger partial charge in [-0.3, -0.25) is 14.5 Å². The molecule has 1 aliphatic heterocycles. The summed E-state index contributed by atoms with van der Waals surface area (Å²) in [5.41, 5.74) is 16.2. The van der Waals surface area contributed by atoms with Gasteiger partial charge in [0.05, 0.1) is 0 Å². The monoisotopic (exact) mass is 498 g/mol. The van der Waals surface area contributed by atoms with Crippen LogP contribution in [0.1, 0.15) is 72.7 Å². The highest BCUT2D eigenvalue weighted by molar-refractivity contribution is 6.28. The summed E-state index contributed by atoms with van der Waals surface area (Å²) >= 11 is 0. The summed E-state index contributed by atoms with van der Waals surface area (Å²) in [6.45, 7) is 6.99. The molecule has 0 bridgehead atoms. The Bertz CT molecular complexity index is 1410. The van der Waals surface area contributed by atoms with Crippen LogP contribution in [-0.4, -0.2) is 41.5 Å². The van der Waals surface area contributed by atoms with Crippen molar-refractivity contribution in [2.75, 3.05) is 18.4 Å². The van der Waals surface area contributed by atoms with Crippen molar-refractivity contribution >= 4 is 39.9 Å². The fourth-order valence-electron chi connectivity index (χ4n) is 4.58. The number of amides is 2. The van der Waals surface area contributed by atoms with Crippen LogP contribution in [0, 0.1) is 0 Å². The Labute approximate surface area is 217 Å². The average molecular weight is 499 g/mol. The Morgan fingerprint density at radius 1 is 0.892 bits per heavy atom. The summed E-state index contributed by atoms with van der Waals surface area (Å²) in [4.78, 5) is 28.3. The quantitative estimate of drug-likeness (QED) is 0.118. The van der Waals surface area contributed by atoms with Crippen LogP contribution in [0.5, 0.6) is 0 Å². The summed E-state index contributed by atoms with van der Waals surface area (Å²) in [6, 6.07) is 15.2. The smallest absolute Gasteiger partial charge is 0.261 e. The van der Waals surface area contributed by atoms with Gasteiger partial charge in [-0.15, -0.1) is 10.2 Å². The number of amidine groups is 2. The van der Waals surface area contributed by atoms with Crippen LogP contribution >= 0.6 is 0 Å². The third-order valence-corrected chi connectivity index (χ3v) is 6.46. The van der Waals surface area contributed by atoms with Gasteiger partial charge in [-0.05, 0) is 43.5 Å². The number of benzene rings is 3. The van der Waals surface area contributed by atoms with E-state index in [9.17, 15) is 9.59 Å². The second-order valence-electron chi connectivity index (χ2n) is 9.28. The van der Waals surface area contributed by atoms with E-state index in [-0.39, 0.29) is 17.6 Å². The molecular formula is C29H34N6O2. The molecule has 0 saturated heterocycles. The Morgan fingerprint density at radius 2 is 1.62 bits per heavy atom. The van der Waals surface area contributed by atoms with E-state index >= 15 is 0 Å². The maximum absolute atomic E-state index is 13.6. The van der Waals surface area contributed by atoms with E-state index in [1.165, 1.54) is 4.90 Å². The van der Waals surface area contributed by atoms with Gasteiger partial charge >= 0.3 is 0 Å². The SMILES string of the molecule is CCCCNc1c(-c2cccc(/C(N)=N/N=C(/C)N)c2)cc2c3c(cccc13)C(=O)N(CCCC)C2=O. The fourth-order valence-corrected chi connectivity index (χ4v) is 4.58. The molecule has 1 heterocycles.